The first kappa shape index (κ1) is 7.73. The van der Waals surface area contributed by atoms with Gasteiger partial charge in [0.1, 0.15) is 5.82 Å². The Morgan fingerprint density at radius 3 is 2.31 bits per heavy atom. The van der Waals surface area contributed by atoms with Gasteiger partial charge < -0.3 is 16.5 Å². The maximum Gasteiger partial charge on any atom is 0.108 e. The molecule has 1 aromatic carbocycles. The van der Waals surface area contributed by atoms with Gasteiger partial charge in [0.15, 0.2) is 0 Å². The molecule has 0 saturated heterocycles. The smallest absolute Gasteiger partial charge is 0.108 e. The minimum Gasteiger partial charge on any atom is -0.398 e. The highest BCUT2D eigenvalue weighted by Gasteiger charge is 2.05. The third-order valence-corrected chi connectivity index (χ3v) is 2.03. The number of anilines is 2. The lowest BCUT2D eigenvalue weighted by molar-refractivity contribution is 1.42. The Hall–Kier alpha value is -1.90. The summed E-state index contributed by atoms with van der Waals surface area (Å²) in [6.45, 7) is 0. The summed E-state index contributed by atoms with van der Waals surface area (Å²) >= 11 is 0. The number of H-pyrrole nitrogens is 1. The molecule has 0 aliphatic carbocycles. The fourth-order valence-corrected chi connectivity index (χ4v) is 1.36. The van der Waals surface area contributed by atoms with Crippen LogP contribution in [-0.2, 0) is 0 Å². The van der Waals surface area contributed by atoms with Crippen LogP contribution in [0.4, 0.5) is 11.5 Å². The van der Waals surface area contributed by atoms with Crippen molar-refractivity contribution in [1.82, 2.24) is 4.98 Å². The van der Waals surface area contributed by atoms with E-state index in [-0.39, 0.29) is 0 Å². The van der Waals surface area contributed by atoms with Gasteiger partial charge in [-0.1, -0.05) is 18.2 Å². The molecule has 5 N–H and O–H groups in total. The van der Waals surface area contributed by atoms with Crippen molar-refractivity contribution in [2.45, 2.75) is 0 Å². The Balaban J connectivity index is 2.59. The van der Waals surface area contributed by atoms with E-state index >= 15 is 0 Å². The average Bonchev–Trinajstić information content (AvgIpc) is 2.52. The van der Waals surface area contributed by atoms with Crippen LogP contribution in [0.2, 0.25) is 0 Å². The summed E-state index contributed by atoms with van der Waals surface area (Å²) in [5.41, 5.74) is 14.2. The standard InChI is InChI=1S/C10H11N3/c11-9-4-2-1-3-7(9)8-5-6-13-10(8)12/h1-6,13H,11-12H2. The highest BCUT2D eigenvalue weighted by Crippen LogP contribution is 2.29. The van der Waals surface area contributed by atoms with E-state index in [1.165, 1.54) is 0 Å². The van der Waals surface area contributed by atoms with Crippen molar-refractivity contribution >= 4 is 11.5 Å². The number of rotatable bonds is 1. The fraction of sp³-hybridized carbons (Fsp3) is 0. The molecule has 0 amide bonds. The largest absolute Gasteiger partial charge is 0.398 e. The lowest BCUT2D eigenvalue weighted by Crippen LogP contribution is -1.91. The molecule has 0 unspecified atom stereocenters. The predicted octanol–water partition coefficient (Wildman–Crippen LogP) is 1.85. The van der Waals surface area contributed by atoms with Crippen LogP contribution in [0, 0.1) is 0 Å². The van der Waals surface area contributed by atoms with Crippen LogP contribution in [0.15, 0.2) is 36.5 Å². The van der Waals surface area contributed by atoms with Crippen LogP contribution in [0.25, 0.3) is 11.1 Å². The molecule has 3 nitrogen and oxygen atoms in total. The first-order chi connectivity index (χ1) is 6.29. The zero-order chi connectivity index (χ0) is 9.26. The first-order valence-corrected chi connectivity index (χ1v) is 4.07. The number of nitrogen functional groups attached to an aromatic ring is 2. The molecule has 2 rings (SSSR count). The maximum absolute atomic E-state index is 5.81. The molecule has 66 valence electrons. The summed E-state index contributed by atoms with van der Waals surface area (Å²) in [5.74, 6) is 0.651. The summed E-state index contributed by atoms with van der Waals surface area (Å²) in [5, 5.41) is 0. The van der Waals surface area contributed by atoms with Crippen LogP contribution in [0.5, 0.6) is 0 Å². The lowest BCUT2D eigenvalue weighted by Gasteiger charge is -2.03. The van der Waals surface area contributed by atoms with Gasteiger partial charge in [0, 0.05) is 23.0 Å². The quantitative estimate of drug-likeness (QED) is 0.576. The number of benzene rings is 1. The normalized spacial score (nSPS) is 10.2. The molecular weight excluding hydrogens is 162 g/mol. The zero-order valence-electron chi connectivity index (χ0n) is 7.12. The molecular formula is C10H11N3. The number of nitrogens with two attached hydrogens (primary N) is 2. The molecule has 3 heteroatoms. The highest BCUT2D eigenvalue weighted by molar-refractivity contribution is 5.82. The second-order valence-electron chi connectivity index (χ2n) is 2.89. The van der Waals surface area contributed by atoms with Crippen LogP contribution in [0.3, 0.4) is 0 Å². The molecule has 0 saturated carbocycles. The van der Waals surface area contributed by atoms with Crippen LogP contribution >= 0.6 is 0 Å². The molecule has 0 aliphatic rings. The number of aromatic amines is 1. The third kappa shape index (κ3) is 1.24. The highest BCUT2D eigenvalue weighted by atomic mass is 14.8. The molecule has 1 aromatic heterocycles. The Morgan fingerprint density at radius 1 is 0.923 bits per heavy atom. The average molecular weight is 173 g/mol. The molecule has 13 heavy (non-hydrogen) atoms. The van der Waals surface area contributed by atoms with Gasteiger partial charge in [-0.3, -0.25) is 0 Å². The molecule has 1 heterocycles. The van der Waals surface area contributed by atoms with Crippen LogP contribution in [0.1, 0.15) is 0 Å². The Morgan fingerprint density at radius 2 is 1.69 bits per heavy atom. The van der Waals surface area contributed by atoms with E-state index < -0.39 is 0 Å². The van der Waals surface area contributed by atoms with Crippen molar-refractivity contribution in [2.24, 2.45) is 0 Å². The Labute approximate surface area is 76.4 Å². The third-order valence-electron chi connectivity index (χ3n) is 2.03. The van der Waals surface area contributed by atoms with Crippen molar-refractivity contribution in [2.75, 3.05) is 11.5 Å². The summed E-state index contributed by atoms with van der Waals surface area (Å²) in [6, 6.07) is 9.58. The molecule has 0 spiro atoms. The van der Waals surface area contributed by atoms with E-state index in [0.29, 0.717) is 5.82 Å². The minimum absolute atomic E-state index is 0.651. The van der Waals surface area contributed by atoms with Gasteiger partial charge in [0.05, 0.1) is 0 Å². The Bertz CT molecular complexity index is 418. The van der Waals surface area contributed by atoms with E-state index in [2.05, 4.69) is 4.98 Å². The number of aromatic nitrogens is 1. The summed E-state index contributed by atoms with van der Waals surface area (Å²) < 4.78 is 0. The monoisotopic (exact) mass is 173 g/mol. The van der Waals surface area contributed by atoms with Crippen molar-refractivity contribution < 1.29 is 0 Å². The fourth-order valence-electron chi connectivity index (χ4n) is 1.36. The minimum atomic E-state index is 0.651. The molecule has 0 radical (unpaired) electrons. The maximum atomic E-state index is 5.81. The summed E-state index contributed by atoms with van der Waals surface area (Å²) in [4.78, 5) is 2.92. The van der Waals surface area contributed by atoms with Crippen molar-refractivity contribution in [3.8, 4) is 11.1 Å². The van der Waals surface area contributed by atoms with Crippen LogP contribution in [-0.4, -0.2) is 4.98 Å². The van der Waals surface area contributed by atoms with Gasteiger partial charge in [-0.25, -0.2) is 0 Å². The Kier molecular flexibility index (Phi) is 1.70. The summed E-state index contributed by atoms with van der Waals surface area (Å²) in [7, 11) is 0. The van der Waals surface area contributed by atoms with Crippen molar-refractivity contribution in [3.05, 3.63) is 36.5 Å². The van der Waals surface area contributed by atoms with Gasteiger partial charge in [-0.05, 0) is 12.1 Å². The number of hydrogen-bond acceptors (Lipinski definition) is 2. The van der Waals surface area contributed by atoms with Gasteiger partial charge in [-0.2, -0.15) is 0 Å². The number of hydrogen-bond donors (Lipinski definition) is 3. The van der Waals surface area contributed by atoms with Crippen LogP contribution < -0.4 is 11.5 Å². The van der Waals surface area contributed by atoms with Crippen molar-refractivity contribution in [1.29, 1.82) is 0 Å². The van der Waals surface area contributed by atoms with Gasteiger partial charge in [0.2, 0.25) is 0 Å². The second-order valence-corrected chi connectivity index (χ2v) is 2.89. The lowest BCUT2D eigenvalue weighted by atomic mass is 10.1. The number of nitrogens with one attached hydrogen (secondary N) is 1. The topological polar surface area (TPSA) is 67.8 Å². The zero-order valence-corrected chi connectivity index (χ0v) is 7.12. The van der Waals surface area contributed by atoms with E-state index in [1.54, 1.807) is 6.20 Å². The molecule has 0 fully saturated rings. The molecule has 2 aromatic rings. The van der Waals surface area contributed by atoms with Gasteiger partial charge >= 0.3 is 0 Å². The predicted molar refractivity (Wildman–Crippen MR) is 55.1 cm³/mol. The van der Waals surface area contributed by atoms with Gasteiger partial charge in [0.25, 0.3) is 0 Å². The van der Waals surface area contributed by atoms with E-state index in [1.807, 2.05) is 30.3 Å². The SMILES string of the molecule is Nc1ccccc1-c1cc[nH]c1N. The van der Waals surface area contributed by atoms with E-state index in [9.17, 15) is 0 Å². The van der Waals surface area contributed by atoms with Crippen molar-refractivity contribution in [3.63, 3.8) is 0 Å². The second kappa shape index (κ2) is 2.86. The summed E-state index contributed by atoms with van der Waals surface area (Å²) in [6.07, 6.45) is 1.80. The molecule has 0 bridgehead atoms. The molecule has 0 aliphatic heterocycles. The first-order valence-electron chi connectivity index (χ1n) is 4.07. The number of para-hydroxylation sites is 1. The van der Waals surface area contributed by atoms with Gasteiger partial charge in [-0.15, -0.1) is 0 Å². The van der Waals surface area contributed by atoms with E-state index in [0.717, 1.165) is 16.8 Å². The van der Waals surface area contributed by atoms with E-state index in [4.69, 9.17) is 11.5 Å². The molecule has 0 atom stereocenters.